The molecule has 2 aliphatic rings. The fourth-order valence-corrected chi connectivity index (χ4v) is 3.20. The minimum Gasteiger partial charge on any atom is -0.343 e. The van der Waals surface area contributed by atoms with Gasteiger partial charge in [0.05, 0.1) is 0 Å². The van der Waals surface area contributed by atoms with Crippen LogP contribution in [0.4, 0.5) is 4.79 Å². The second kappa shape index (κ2) is 10.2. The molecule has 136 valence electrons. The summed E-state index contributed by atoms with van der Waals surface area (Å²) in [4.78, 5) is 38.8. The van der Waals surface area contributed by atoms with E-state index in [1.807, 2.05) is 9.80 Å². The van der Waals surface area contributed by atoms with E-state index in [0.29, 0.717) is 25.9 Å². The molecule has 24 heavy (non-hydrogen) atoms. The Hall–Kier alpha value is -1.79. The van der Waals surface area contributed by atoms with Gasteiger partial charge in [-0.3, -0.25) is 9.59 Å². The number of nitrogens with zero attached hydrogens (tertiary/aromatic N) is 2. The summed E-state index contributed by atoms with van der Waals surface area (Å²) >= 11 is 0. The zero-order valence-corrected chi connectivity index (χ0v) is 14.5. The molecular formula is C17H30N4O3. The first-order chi connectivity index (χ1) is 11.7. The van der Waals surface area contributed by atoms with E-state index in [-0.39, 0.29) is 17.8 Å². The number of amides is 4. The third-order valence-corrected chi connectivity index (χ3v) is 4.62. The van der Waals surface area contributed by atoms with Crippen molar-refractivity contribution in [2.24, 2.45) is 0 Å². The number of urea groups is 1. The molecule has 0 radical (unpaired) electrons. The molecule has 0 aromatic rings. The molecule has 2 aliphatic heterocycles. The van der Waals surface area contributed by atoms with Gasteiger partial charge in [-0.05, 0) is 38.5 Å². The highest BCUT2D eigenvalue weighted by atomic mass is 16.2. The SMILES string of the molecule is O=C(NCCCN1CCCCC1=O)NCCCN1CCCCC1=O. The van der Waals surface area contributed by atoms with E-state index < -0.39 is 0 Å². The first kappa shape index (κ1) is 18.5. The highest BCUT2D eigenvalue weighted by molar-refractivity contribution is 5.77. The van der Waals surface area contributed by atoms with E-state index in [0.717, 1.165) is 64.7 Å². The topological polar surface area (TPSA) is 81.8 Å². The normalized spacial score (nSPS) is 18.7. The molecule has 7 nitrogen and oxygen atoms in total. The van der Waals surface area contributed by atoms with Crippen molar-refractivity contribution >= 4 is 17.8 Å². The van der Waals surface area contributed by atoms with Gasteiger partial charge < -0.3 is 20.4 Å². The van der Waals surface area contributed by atoms with E-state index in [9.17, 15) is 14.4 Å². The lowest BCUT2D eigenvalue weighted by molar-refractivity contribution is -0.134. The van der Waals surface area contributed by atoms with Crippen LogP contribution in [0.3, 0.4) is 0 Å². The minimum absolute atomic E-state index is 0.176. The maximum absolute atomic E-state index is 11.7. The second-order valence-corrected chi connectivity index (χ2v) is 6.57. The predicted octanol–water partition coefficient (Wildman–Crippen LogP) is 1.09. The van der Waals surface area contributed by atoms with Crippen molar-refractivity contribution in [2.75, 3.05) is 39.3 Å². The summed E-state index contributed by atoms with van der Waals surface area (Å²) in [6.45, 7) is 4.27. The van der Waals surface area contributed by atoms with E-state index in [2.05, 4.69) is 10.6 Å². The number of hydrogen-bond donors (Lipinski definition) is 2. The summed E-state index contributed by atoms with van der Waals surface area (Å²) < 4.78 is 0. The number of rotatable bonds is 8. The molecule has 0 spiro atoms. The number of nitrogens with one attached hydrogen (secondary N) is 2. The first-order valence-corrected chi connectivity index (χ1v) is 9.24. The van der Waals surface area contributed by atoms with Gasteiger partial charge in [0.15, 0.2) is 0 Å². The summed E-state index contributed by atoms with van der Waals surface area (Å²) in [5, 5.41) is 5.63. The monoisotopic (exact) mass is 338 g/mol. The van der Waals surface area contributed by atoms with Crippen molar-refractivity contribution in [3.8, 4) is 0 Å². The lowest BCUT2D eigenvalue weighted by atomic mass is 10.1. The van der Waals surface area contributed by atoms with Crippen LogP contribution in [0.1, 0.15) is 51.4 Å². The van der Waals surface area contributed by atoms with Gasteiger partial charge in [0, 0.05) is 52.1 Å². The maximum Gasteiger partial charge on any atom is 0.314 e. The molecule has 0 saturated carbocycles. The summed E-state index contributed by atoms with van der Waals surface area (Å²) in [7, 11) is 0. The Morgan fingerprint density at radius 3 is 1.67 bits per heavy atom. The second-order valence-electron chi connectivity index (χ2n) is 6.57. The zero-order chi connectivity index (χ0) is 17.2. The molecule has 0 unspecified atom stereocenters. The zero-order valence-electron chi connectivity index (χ0n) is 14.5. The Bertz CT molecular complexity index is 404. The Kier molecular flexibility index (Phi) is 7.85. The molecular weight excluding hydrogens is 308 g/mol. The molecule has 2 saturated heterocycles. The van der Waals surface area contributed by atoms with Crippen molar-refractivity contribution in [1.29, 1.82) is 0 Å². The van der Waals surface area contributed by atoms with Crippen LogP contribution in [0, 0.1) is 0 Å². The van der Waals surface area contributed by atoms with E-state index in [1.165, 1.54) is 0 Å². The van der Waals surface area contributed by atoms with Gasteiger partial charge in [-0.1, -0.05) is 0 Å². The molecule has 4 amide bonds. The number of likely N-dealkylation sites (tertiary alicyclic amines) is 2. The number of carbonyl (C=O) groups excluding carboxylic acids is 3. The van der Waals surface area contributed by atoms with Gasteiger partial charge >= 0.3 is 6.03 Å². The Morgan fingerprint density at radius 1 is 0.792 bits per heavy atom. The third kappa shape index (κ3) is 6.37. The van der Waals surface area contributed by atoms with Crippen LogP contribution in [0.15, 0.2) is 0 Å². The lowest BCUT2D eigenvalue weighted by Gasteiger charge is -2.27. The van der Waals surface area contributed by atoms with Crippen molar-refractivity contribution < 1.29 is 14.4 Å². The van der Waals surface area contributed by atoms with Gasteiger partial charge in [0.2, 0.25) is 11.8 Å². The molecule has 0 aromatic heterocycles. The number of piperidine rings is 2. The Morgan fingerprint density at radius 2 is 1.25 bits per heavy atom. The highest BCUT2D eigenvalue weighted by Gasteiger charge is 2.18. The highest BCUT2D eigenvalue weighted by Crippen LogP contribution is 2.11. The summed E-state index contributed by atoms with van der Waals surface area (Å²) in [5.74, 6) is 0.468. The van der Waals surface area contributed by atoms with Crippen LogP contribution in [-0.2, 0) is 9.59 Å². The molecule has 0 aromatic carbocycles. The first-order valence-electron chi connectivity index (χ1n) is 9.24. The van der Waals surface area contributed by atoms with Gasteiger partial charge in [-0.2, -0.15) is 0 Å². The van der Waals surface area contributed by atoms with E-state index in [4.69, 9.17) is 0 Å². The summed E-state index contributed by atoms with van der Waals surface area (Å²) in [6, 6.07) is -0.176. The lowest BCUT2D eigenvalue weighted by Crippen LogP contribution is -2.41. The van der Waals surface area contributed by atoms with Gasteiger partial charge in [-0.15, -0.1) is 0 Å². The molecule has 2 fully saturated rings. The van der Waals surface area contributed by atoms with Gasteiger partial charge in [-0.25, -0.2) is 4.79 Å². The van der Waals surface area contributed by atoms with Gasteiger partial charge in [0.25, 0.3) is 0 Å². The molecule has 7 heteroatoms. The summed E-state index contributed by atoms with van der Waals surface area (Å²) in [5.41, 5.74) is 0. The van der Waals surface area contributed by atoms with Crippen LogP contribution in [0.25, 0.3) is 0 Å². The average Bonchev–Trinajstić information content (AvgIpc) is 2.58. The summed E-state index contributed by atoms with van der Waals surface area (Å²) in [6.07, 6.45) is 7.04. The smallest absolute Gasteiger partial charge is 0.314 e. The van der Waals surface area contributed by atoms with E-state index in [1.54, 1.807) is 0 Å². The van der Waals surface area contributed by atoms with Crippen molar-refractivity contribution in [2.45, 2.75) is 51.4 Å². The molecule has 0 aliphatic carbocycles. The largest absolute Gasteiger partial charge is 0.343 e. The van der Waals surface area contributed by atoms with Crippen molar-refractivity contribution in [3.05, 3.63) is 0 Å². The number of carbonyl (C=O) groups is 3. The fourth-order valence-electron chi connectivity index (χ4n) is 3.20. The van der Waals surface area contributed by atoms with Crippen LogP contribution < -0.4 is 10.6 Å². The third-order valence-electron chi connectivity index (χ3n) is 4.62. The average molecular weight is 338 g/mol. The standard InChI is InChI=1S/C17H30N4O3/c22-15-7-1-3-11-20(15)13-5-9-18-17(24)19-10-6-14-21-12-4-2-8-16(21)23/h1-14H2,(H2,18,19,24). The van der Waals surface area contributed by atoms with Crippen LogP contribution >= 0.6 is 0 Å². The van der Waals surface area contributed by atoms with Crippen LogP contribution in [-0.4, -0.2) is 66.9 Å². The Balaban J connectivity index is 1.46. The molecule has 2 heterocycles. The van der Waals surface area contributed by atoms with Crippen molar-refractivity contribution in [1.82, 2.24) is 20.4 Å². The number of hydrogen-bond acceptors (Lipinski definition) is 3. The molecule has 2 N–H and O–H groups in total. The van der Waals surface area contributed by atoms with Crippen molar-refractivity contribution in [3.63, 3.8) is 0 Å². The van der Waals surface area contributed by atoms with Crippen LogP contribution in [0.5, 0.6) is 0 Å². The molecule has 0 atom stereocenters. The molecule has 0 bridgehead atoms. The quantitative estimate of drug-likeness (QED) is 0.650. The minimum atomic E-state index is -0.176. The van der Waals surface area contributed by atoms with Crippen LogP contribution in [0.2, 0.25) is 0 Å². The predicted molar refractivity (Wildman–Crippen MR) is 91.5 cm³/mol. The molecule has 2 rings (SSSR count). The van der Waals surface area contributed by atoms with E-state index >= 15 is 0 Å². The Labute approximate surface area is 144 Å². The maximum atomic E-state index is 11.7. The van der Waals surface area contributed by atoms with Gasteiger partial charge in [0.1, 0.15) is 0 Å². The fraction of sp³-hybridized carbons (Fsp3) is 0.824.